The van der Waals surface area contributed by atoms with Gasteiger partial charge in [0.05, 0.1) is 48.8 Å². The Kier molecular flexibility index (Phi) is 10.1. The number of amides is 1. The Morgan fingerprint density at radius 2 is 1.96 bits per heavy atom. The predicted molar refractivity (Wildman–Crippen MR) is 199 cm³/mol. The van der Waals surface area contributed by atoms with Gasteiger partial charge in [-0.15, -0.1) is 0 Å². The smallest absolute Gasteiger partial charge is 0.319 e. The van der Waals surface area contributed by atoms with Gasteiger partial charge in [-0.25, -0.2) is 4.39 Å². The maximum atomic E-state index is 16.9. The number of piperazine rings is 1. The van der Waals surface area contributed by atoms with Crippen LogP contribution in [0.1, 0.15) is 25.7 Å². The topological polar surface area (TPSA) is 131 Å². The maximum absolute atomic E-state index is 16.9. The van der Waals surface area contributed by atoms with Crippen molar-refractivity contribution in [1.82, 2.24) is 29.7 Å². The summed E-state index contributed by atoms with van der Waals surface area (Å²) in [7, 11) is 0. The summed E-state index contributed by atoms with van der Waals surface area (Å²) in [5.41, 5.74) is 0.359. The number of benzene rings is 2. The van der Waals surface area contributed by atoms with Gasteiger partial charge in [-0.2, -0.15) is 15.2 Å². The zero-order valence-electron chi connectivity index (χ0n) is 29.5. The monoisotopic (exact) mass is 740 g/mol. The molecule has 4 fully saturated rings. The van der Waals surface area contributed by atoms with E-state index in [1.54, 1.807) is 29.3 Å². The van der Waals surface area contributed by atoms with Crippen molar-refractivity contribution in [2.75, 3.05) is 77.1 Å². The molecule has 4 aliphatic rings. The normalized spacial score (nSPS) is 24.0. The van der Waals surface area contributed by atoms with Crippen LogP contribution in [0.5, 0.6) is 6.01 Å². The highest BCUT2D eigenvalue weighted by Crippen LogP contribution is 2.41. The van der Waals surface area contributed by atoms with E-state index < -0.39 is 18.0 Å². The number of carbonyl (C=O) groups is 1. The summed E-state index contributed by atoms with van der Waals surface area (Å²) >= 11 is 6.64. The standard InChI is InChI=1S/C39H42ClFN8O4/c40-31-8-2-6-26-5-1-7-29(33(26)31)35-34(41)36-30(22-43-35)37(45-38(44-36)53-25-39-11-4-14-48(39)24-28(50)21-39)47-15-16-49(27(23-47)10-12-42)32(51)9-3-13-46-17-19-52-20-18-46/h1-3,5-9,22,27-28,50H,4,10-11,13-21,23-25H2/b9-3+/t27-,28+,39-/m0/s1. The van der Waals surface area contributed by atoms with E-state index in [1.807, 2.05) is 35.2 Å². The molecule has 2 aromatic carbocycles. The van der Waals surface area contributed by atoms with Crippen LogP contribution in [0.2, 0.25) is 5.02 Å². The Balaban J connectivity index is 1.13. The van der Waals surface area contributed by atoms with Gasteiger partial charge in [0.1, 0.15) is 23.6 Å². The second-order valence-electron chi connectivity index (χ2n) is 14.4. The van der Waals surface area contributed by atoms with E-state index >= 15 is 4.39 Å². The van der Waals surface area contributed by atoms with Crippen molar-refractivity contribution in [3.63, 3.8) is 0 Å². The molecule has 0 aliphatic carbocycles. The molecular formula is C39H42ClFN8O4. The molecule has 1 amide bonds. The van der Waals surface area contributed by atoms with Gasteiger partial charge in [-0.3, -0.25) is 19.6 Å². The zero-order chi connectivity index (χ0) is 36.5. The summed E-state index contributed by atoms with van der Waals surface area (Å²) in [5, 5.41) is 22.7. The van der Waals surface area contributed by atoms with Crippen LogP contribution >= 0.6 is 11.6 Å². The average molecular weight is 741 g/mol. The number of hydrogen-bond acceptors (Lipinski definition) is 11. The SMILES string of the molecule is N#CC[C@H]1CN(c2nc(OC[C@@]34CCCN3C[C@H](O)C4)nc3c(F)c(-c4cccc5cccc(Cl)c45)ncc23)CCN1C(=O)/C=C/CN1CCOCC1. The number of nitrogens with zero attached hydrogens (tertiary/aromatic N) is 8. The van der Waals surface area contributed by atoms with E-state index in [2.05, 4.69) is 25.8 Å². The molecule has 0 bridgehead atoms. The van der Waals surface area contributed by atoms with E-state index in [-0.39, 0.29) is 41.7 Å². The highest BCUT2D eigenvalue weighted by molar-refractivity contribution is 6.36. The number of ether oxygens (including phenoxy) is 2. The molecule has 0 radical (unpaired) electrons. The molecule has 1 N–H and O–H groups in total. The number of β-amino-alcohol motifs (C(OH)–C–C–N with tert-alkyl or cyclic N) is 1. The molecule has 3 atom stereocenters. The van der Waals surface area contributed by atoms with Crippen LogP contribution in [0, 0.1) is 17.1 Å². The van der Waals surface area contributed by atoms with Gasteiger partial charge in [0, 0.05) is 74.1 Å². The third kappa shape index (κ3) is 7.02. The zero-order valence-corrected chi connectivity index (χ0v) is 30.2. The number of rotatable bonds is 9. The number of fused-ring (bicyclic) bond motifs is 3. The summed E-state index contributed by atoms with van der Waals surface area (Å²) in [5.74, 6) is -0.364. The first-order chi connectivity index (χ1) is 25.8. The number of halogens is 2. The molecule has 4 aromatic rings. The minimum atomic E-state index is -0.631. The van der Waals surface area contributed by atoms with Crippen molar-refractivity contribution in [1.29, 1.82) is 5.26 Å². The second-order valence-corrected chi connectivity index (χ2v) is 14.8. The molecular weight excluding hydrogens is 699 g/mol. The molecule has 2 aromatic heterocycles. The Morgan fingerprint density at radius 3 is 2.79 bits per heavy atom. The van der Waals surface area contributed by atoms with Gasteiger partial charge in [0.2, 0.25) is 5.91 Å². The Morgan fingerprint density at radius 1 is 1.13 bits per heavy atom. The number of aliphatic hydroxyl groups is 1. The molecule has 4 aliphatic heterocycles. The number of aromatic nitrogens is 3. The Hall–Kier alpha value is -4.45. The van der Waals surface area contributed by atoms with E-state index in [4.69, 9.17) is 26.1 Å². The molecule has 6 heterocycles. The van der Waals surface area contributed by atoms with Crippen molar-refractivity contribution >= 4 is 45.0 Å². The van der Waals surface area contributed by atoms with E-state index in [1.165, 1.54) is 0 Å². The molecule has 4 saturated heterocycles. The Labute approximate surface area is 312 Å². The van der Waals surface area contributed by atoms with Crippen LogP contribution in [0.15, 0.2) is 54.7 Å². The third-order valence-electron chi connectivity index (χ3n) is 11.1. The number of anilines is 1. The molecule has 0 spiro atoms. The van der Waals surface area contributed by atoms with Crippen LogP contribution in [0.3, 0.4) is 0 Å². The number of aliphatic hydroxyl groups excluding tert-OH is 1. The molecule has 8 rings (SSSR count). The molecule has 0 saturated carbocycles. The van der Waals surface area contributed by atoms with Gasteiger partial charge >= 0.3 is 6.01 Å². The van der Waals surface area contributed by atoms with Crippen molar-refractivity contribution in [3.05, 3.63) is 65.6 Å². The fourth-order valence-corrected chi connectivity index (χ4v) is 8.78. The van der Waals surface area contributed by atoms with Gasteiger partial charge < -0.3 is 24.4 Å². The van der Waals surface area contributed by atoms with Crippen LogP contribution in [0.4, 0.5) is 10.2 Å². The van der Waals surface area contributed by atoms with E-state index in [0.717, 1.165) is 37.9 Å². The number of carbonyl (C=O) groups excluding carboxylic acids is 1. The fourth-order valence-electron chi connectivity index (χ4n) is 8.50. The lowest BCUT2D eigenvalue weighted by Gasteiger charge is -2.41. The quantitative estimate of drug-likeness (QED) is 0.245. The summed E-state index contributed by atoms with van der Waals surface area (Å²) in [6.07, 6.45) is 7.19. The number of morpholine rings is 1. The second kappa shape index (κ2) is 15.1. The summed E-state index contributed by atoms with van der Waals surface area (Å²) in [4.78, 5) is 35.8. The highest BCUT2D eigenvalue weighted by atomic mass is 35.5. The first-order valence-electron chi connectivity index (χ1n) is 18.3. The predicted octanol–water partition coefficient (Wildman–Crippen LogP) is 4.43. The molecule has 276 valence electrons. The van der Waals surface area contributed by atoms with Crippen LogP contribution < -0.4 is 9.64 Å². The Bertz CT molecular complexity index is 2090. The van der Waals surface area contributed by atoms with E-state index in [0.29, 0.717) is 79.5 Å². The third-order valence-corrected chi connectivity index (χ3v) is 11.4. The largest absolute Gasteiger partial charge is 0.461 e. The highest BCUT2D eigenvalue weighted by Gasteiger charge is 2.48. The maximum Gasteiger partial charge on any atom is 0.319 e. The van der Waals surface area contributed by atoms with Crippen molar-refractivity contribution in [2.45, 2.75) is 43.4 Å². The summed E-state index contributed by atoms with van der Waals surface area (Å²) < 4.78 is 28.7. The lowest BCUT2D eigenvalue weighted by atomic mass is 9.94. The van der Waals surface area contributed by atoms with Gasteiger partial charge in [-0.05, 0) is 37.3 Å². The summed E-state index contributed by atoms with van der Waals surface area (Å²) in [6, 6.07) is 12.9. The number of hydrogen-bond donors (Lipinski definition) is 1. The molecule has 0 unspecified atom stereocenters. The average Bonchev–Trinajstić information content (AvgIpc) is 3.70. The van der Waals surface area contributed by atoms with Crippen molar-refractivity contribution in [3.8, 4) is 23.3 Å². The summed E-state index contributed by atoms with van der Waals surface area (Å²) in [6.45, 7) is 6.41. The lowest BCUT2D eigenvalue weighted by Crippen LogP contribution is -2.55. The molecule has 53 heavy (non-hydrogen) atoms. The minimum Gasteiger partial charge on any atom is -0.461 e. The van der Waals surface area contributed by atoms with Gasteiger partial charge in [0.15, 0.2) is 5.82 Å². The fraction of sp³-hybridized carbons (Fsp3) is 0.462. The first kappa shape index (κ1) is 35.6. The van der Waals surface area contributed by atoms with Gasteiger partial charge in [0.25, 0.3) is 0 Å². The minimum absolute atomic E-state index is 0.0171. The van der Waals surface area contributed by atoms with Crippen LogP contribution in [-0.4, -0.2) is 131 Å². The van der Waals surface area contributed by atoms with Crippen molar-refractivity contribution in [2.24, 2.45) is 0 Å². The lowest BCUT2D eigenvalue weighted by molar-refractivity contribution is -0.128. The van der Waals surface area contributed by atoms with Crippen LogP contribution in [0.25, 0.3) is 32.9 Å². The number of nitriles is 1. The molecule has 14 heteroatoms. The molecule has 12 nitrogen and oxygen atoms in total. The van der Waals surface area contributed by atoms with Crippen LogP contribution in [-0.2, 0) is 9.53 Å². The van der Waals surface area contributed by atoms with Gasteiger partial charge in [-0.1, -0.05) is 48.0 Å². The van der Waals surface area contributed by atoms with E-state index in [9.17, 15) is 15.2 Å². The van der Waals surface area contributed by atoms with Crippen molar-refractivity contribution < 1.29 is 23.8 Å². The first-order valence-corrected chi connectivity index (χ1v) is 18.7. The number of pyridine rings is 1.